The van der Waals surface area contributed by atoms with Gasteiger partial charge in [-0.25, -0.2) is 0 Å². The van der Waals surface area contributed by atoms with Gasteiger partial charge in [0.15, 0.2) is 0 Å². The number of ether oxygens (including phenoxy) is 1. The Balaban J connectivity index is 2.16. The van der Waals surface area contributed by atoms with Crippen molar-refractivity contribution in [3.05, 3.63) is 35.4 Å². The van der Waals surface area contributed by atoms with E-state index in [4.69, 9.17) is 4.74 Å². The van der Waals surface area contributed by atoms with Crippen molar-refractivity contribution in [1.82, 2.24) is 0 Å². The Morgan fingerprint density at radius 1 is 1.31 bits per heavy atom. The zero-order valence-electron chi connectivity index (χ0n) is 8.29. The van der Waals surface area contributed by atoms with E-state index in [0.717, 1.165) is 0 Å². The molecule has 1 heterocycles. The third kappa shape index (κ3) is 1.92. The van der Waals surface area contributed by atoms with E-state index in [1.165, 1.54) is 24.0 Å². The molecular weight excluding hydrogens is 160 g/mol. The number of hydrogen-bond acceptors (Lipinski definition) is 1. The van der Waals surface area contributed by atoms with E-state index >= 15 is 0 Å². The van der Waals surface area contributed by atoms with Crippen molar-refractivity contribution < 1.29 is 4.74 Å². The lowest BCUT2D eigenvalue weighted by atomic mass is 10.0. The van der Waals surface area contributed by atoms with E-state index in [-0.39, 0.29) is 0 Å². The molecule has 1 saturated heterocycles. The quantitative estimate of drug-likeness (QED) is 0.638. The minimum absolute atomic E-state index is 0.342. The van der Waals surface area contributed by atoms with Crippen LogP contribution in [-0.2, 0) is 4.74 Å². The number of benzene rings is 1. The van der Waals surface area contributed by atoms with Crippen molar-refractivity contribution in [1.29, 1.82) is 0 Å². The summed E-state index contributed by atoms with van der Waals surface area (Å²) in [4.78, 5) is 0. The van der Waals surface area contributed by atoms with E-state index in [0.29, 0.717) is 12.2 Å². The molecular formula is C12H16O. The van der Waals surface area contributed by atoms with Gasteiger partial charge < -0.3 is 4.74 Å². The van der Waals surface area contributed by atoms with E-state index in [1.54, 1.807) is 0 Å². The zero-order chi connectivity index (χ0) is 9.26. The molecule has 0 aliphatic carbocycles. The monoisotopic (exact) mass is 176 g/mol. The Labute approximate surface area is 79.7 Å². The highest BCUT2D eigenvalue weighted by Crippen LogP contribution is 2.32. The maximum atomic E-state index is 5.80. The van der Waals surface area contributed by atoms with Crippen LogP contribution < -0.4 is 0 Å². The van der Waals surface area contributed by atoms with E-state index in [2.05, 4.69) is 38.1 Å². The van der Waals surface area contributed by atoms with E-state index < -0.39 is 0 Å². The van der Waals surface area contributed by atoms with Crippen LogP contribution in [0.2, 0.25) is 0 Å². The Morgan fingerprint density at radius 3 is 2.77 bits per heavy atom. The normalized spacial score (nSPS) is 27.8. The van der Waals surface area contributed by atoms with Crippen LogP contribution in [0.4, 0.5) is 0 Å². The van der Waals surface area contributed by atoms with Gasteiger partial charge in [-0.1, -0.05) is 29.8 Å². The molecule has 1 aromatic carbocycles. The lowest BCUT2D eigenvalue weighted by Crippen LogP contribution is -2.00. The molecule has 1 aliphatic rings. The largest absolute Gasteiger partial charge is 0.371 e. The molecule has 0 amide bonds. The minimum atomic E-state index is 0.342. The molecule has 1 fully saturated rings. The van der Waals surface area contributed by atoms with Crippen molar-refractivity contribution in [3.8, 4) is 0 Å². The molecule has 1 nitrogen and oxygen atoms in total. The Morgan fingerprint density at radius 2 is 2.15 bits per heavy atom. The molecule has 0 saturated carbocycles. The smallest absolute Gasteiger partial charge is 0.0829 e. The maximum absolute atomic E-state index is 5.80. The first-order valence-corrected chi connectivity index (χ1v) is 4.98. The van der Waals surface area contributed by atoms with Gasteiger partial charge in [0.25, 0.3) is 0 Å². The predicted octanol–water partition coefficient (Wildman–Crippen LogP) is 3.24. The first kappa shape index (κ1) is 8.76. The molecule has 0 bridgehead atoms. The molecule has 0 spiro atoms. The van der Waals surface area contributed by atoms with E-state index in [9.17, 15) is 0 Å². The van der Waals surface area contributed by atoms with Crippen LogP contribution in [0.3, 0.4) is 0 Å². The fraction of sp³-hybridized carbons (Fsp3) is 0.500. The molecule has 0 unspecified atom stereocenters. The molecule has 0 aromatic heterocycles. The van der Waals surface area contributed by atoms with Crippen LogP contribution in [0.25, 0.3) is 0 Å². The molecule has 13 heavy (non-hydrogen) atoms. The van der Waals surface area contributed by atoms with E-state index in [1.807, 2.05) is 0 Å². The van der Waals surface area contributed by atoms with Crippen molar-refractivity contribution in [2.24, 2.45) is 0 Å². The third-order valence-electron chi connectivity index (χ3n) is 2.65. The Hall–Kier alpha value is -0.820. The average molecular weight is 176 g/mol. The van der Waals surface area contributed by atoms with Crippen LogP contribution in [-0.4, -0.2) is 6.10 Å². The van der Waals surface area contributed by atoms with Gasteiger partial charge in [-0.2, -0.15) is 0 Å². The minimum Gasteiger partial charge on any atom is -0.371 e. The summed E-state index contributed by atoms with van der Waals surface area (Å²) in [5.41, 5.74) is 2.66. The summed E-state index contributed by atoms with van der Waals surface area (Å²) in [5, 5.41) is 0. The van der Waals surface area contributed by atoms with Gasteiger partial charge in [0.05, 0.1) is 12.2 Å². The fourth-order valence-electron chi connectivity index (χ4n) is 1.92. The first-order chi connectivity index (χ1) is 6.25. The summed E-state index contributed by atoms with van der Waals surface area (Å²) < 4.78 is 5.80. The molecule has 2 atom stereocenters. The second-order valence-corrected chi connectivity index (χ2v) is 3.93. The van der Waals surface area contributed by atoms with Crippen LogP contribution in [0.1, 0.15) is 37.0 Å². The second-order valence-electron chi connectivity index (χ2n) is 3.93. The zero-order valence-corrected chi connectivity index (χ0v) is 8.29. The van der Waals surface area contributed by atoms with Gasteiger partial charge in [0, 0.05) is 0 Å². The Kier molecular flexibility index (Phi) is 2.36. The van der Waals surface area contributed by atoms with Gasteiger partial charge >= 0.3 is 0 Å². The molecule has 2 rings (SSSR count). The van der Waals surface area contributed by atoms with Crippen molar-refractivity contribution in [2.75, 3.05) is 0 Å². The molecule has 1 heteroatoms. The van der Waals surface area contributed by atoms with Crippen molar-refractivity contribution in [3.63, 3.8) is 0 Å². The van der Waals surface area contributed by atoms with Crippen LogP contribution in [0.15, 0.2) is 24.3 Å². The fourth-order valence-corrected chi connectivity index (χ4v) is 1.92. The highest BCUT2D eigenvalue weighted by Gasteiger charge is 2.22. The Bertz CT molecular complexity index is 293. The van der Waals surface area contributed by atoms with Crippen LogP contribution in [0, 0.1) is 6.92 Å². The topological polar surface area (TPSA) is 9.23 Å². The summed E-state index contributed by atoms with van der Waals surface area (Å²) in [7, 11) is 0. The second kappa shape index (κ2) is 3.51. The SMILES string of the molecule is Cc1cccc([C@H]2CC[C@@H](C)O2)c1. The molecule has 0 radical (unpaired) electrons. The maximum Gasteiger partial charge on any atom is 0.0829 e. The van der Waals surface area contributed by atoms with Gasteiger partial charge in [0.1, 0.15) is 0 Å². The van der Waals surface area contributed by atoms with Gasteiger partial charge in [-0.15, -0.1) is 0 Å². The molecule has 0 N–H and O–H groups in total. The highest BCUT2D eigenvalue weighted by molar-refractivity contribution is 5.24. The van der Waals surface area contributed by atoms with Crippen molar-refractivity contribution in [2.45, 2.75) is 38.9 Å². The average Bonchev–Trinajstić information content (AvgIpc) is 2.52. The summed E-state index contributed by atoms with van der Waals surface area (Å²) in [5.74, 6) is 0. The predicted molar refractivity (Wildman–Crippen MR) is 53.7 cm³/mol. The number of aryl methyl sites for hydroxylation is 1. The molecule has 1 aromatic rings. The van der Waals surface area contributed by atoms with Crippen LogP contribution in [0.5, 0.6) is 0 Å². The lowest BCUT2D eigenvalue weighted by Gasteiger charge is -2.11. The lowest BCUT2D eigenvalue weighted by molar-refractivity contribution is 0.0555. The summed E-state index contributed by atoms with van der Waals surface area (Å²) >= 11 is 0. The number of hydrogen-bond donors (Lipinski definition) is 0. The third-order valence-corrected chi connectivity index (χ3v) is 2.65. The standard InChI is InChI=1S/C12H16O/c1-9-4-3-5-11(8-9)12-7-6-10(2)13-12/h3-5,8,10,12H,6-7H2,1-2H3/t10-,12-/m1/s1. The van der Waals surface area contributed by atoms with Gasteiger partial charge in [-0.3, -0.25) is 0 Å². The highest BCUT2D eigenvalue weighted by atomic mass is 16.5. The summed E-state index contributed by atoms with van der Waals surface area (Å²) in [6.07, 6.45) is 3.14. The molecule has 70 valence electrons. The van der Waals surface area contributed by atoms with Crippen molar-refractivity contribution >= 4 is 0 Å². The van der Waals surface area contributed by atoms with Gasteiger partial charge in [-0.05, 0) is 32.3 Å². The summed E-state index contributed by atoms with van der Waals surface area (Å²) in [6, 6.07) is 8.62. The van der Waals surface area contributed by atoms with Crippen LogP contribution >= 0.6 is 0 Å². The molecule has 1 aliphatic heterocycles. The van der Waals surface area contributed by atoms with Gasteiger partial charge in [0.2, 0.25) is 0 Å². The first-order valence-electron chi connectivity index (χ1n) is 4.98. The summed E-state index contributed by atoms with van der Waals surface area (Å²) in [6.45, 7) is 4.28. The number of rotatable bonds is 1.